The highest BCUT2D eigenvalue weighted by molar-refractivity contribution is 5.24. The predicted molar refractivity (Wildman–Crippen MR) is 71.3 cm³/mol. The zero-order valence-electron chi connectivity index (χ0n) is 11.7. The summed E-state index contributed by atoms with van der Waals surface area (Å²) in [5.74, 6) is -0.947. The van der Waals surface area contributed by atoms with E-state index in [0.717, 1.165) is 25.3 Å². The number of rotatable bonds is 3. The smallest absolute Gasteiger partial charge is 0.129 e. The first-order valence-corrected chi connectivity index (χ1v) is 6.70. The number of hydrogen-bond donors (Lipinski definition) is 1. The molecule has 0 radical (unpaired) electrons. The average Bonchev–Trinajstić information content (AvgIpc) is 2.26. The summed E-state index contributed by atoms with van der Waals surface area (Å²) in [6, 6.07) is 3.54. The minimum absolute atomic E-state index is 0.0602. The molecule has 0 bridgehead atoms. The summed E-state index contributed by atoms with van der Waals surface area (Å²) >= 11 is 0. The Morgan fingerprint density at radius 2 is 1.84 bits per heavy atom. The first-order chi connectivity index (χ1) is 8.89. The van der Waals surface area contributed by atoms with Crippen LogP contribution in [-0.2, 0) is 0 Å². The van der Waals surface area contributed by atoms with Gasteiger partial charge in [-0.05, 0) is 31.7 Å². The molecule has 1 N–H and O–H groups in total. The van der Waals surface area contributed by atoms with Crippen LogP contribution in [0, 0.1) is 17.0 Å². The van der Waals surface area contributed by atoms with Gasteiger partial charge in [-0.2, -0.15) is 0 Å². The third-order valence-electron chi connectivity index (χ3n) is 3.83. The van der Waals surface area contributed by atoms with Gasteiger partial charge in [-0.1, -0.05) is 13.8 Å². The van der Waals surface area contributed by atoms with E-state index in [9.17, 15) is 8.78 Å². The summed E-state index contributed by atoms with van der Waals surface area (Å²) in [6.45, 7) is 4.39. The van der Waals surface area contributed by atoms with Crippen LogP contribution in [0.25, 0.3) is 0 Å². The second-order valence-electron chi connectivity index (χ2n) is 6.06. The van der Waals surface area contributed by atoms with Gasteiger partial charge in [0.25, 0.3) is 0 Å². The minimum atomic E-state index is -0.605. The van der Waals surface area contributed by atoms with E-state index < -0.39 is 11.6 Å². The molecule has 1 saturated carbocycles. The van der Waals surface area contributed by atoms with Crippen LogP contribution < -0.4 is 10.1 Å². The number of hydrogen-bond acceptors (Lipinski definition) is 2. The lowest BCUT2D eigenvalue weighted by Crippen LogP contribution is -2.47. The van der Waals surface area contributed by atoms with Gasteiger partial charge < -0.3 is 10.1 Å². The fourth-order valence-electron chi connectivity index (χ4n) is 2.75. The molecule has 1 aromatic carbocycles. The van der Waals surface area contributed by atoms with Crippen molar-refractivity contribution in [1.82, 2.24) is 5.32 Å². The third kappa shape index (κ3) is 3.66. The van der Waals surface area contributed by atoms with E-state index in [0.29, 0.717) is 0 Å². The minimum Gasteiger partial charge on any atom is -0.489 e. The Balaban J connectivity index is 2.14. The van der Waals surface area contributed by atoms with Crippen LogP contribution in [0.2, 0.25) is 0 Å². The van der Waals surface area contributed by atoms with E-state index in [1.54, 1.807) is 0 Å². The molecule has 0 aromatic heterocycles. The van der Waals surface area contributed by atoms with Gasteiger partial charge in [0.15, 0.2) is 0 Å². The van der Waals surface area contributed by atoms with Gasteiger partial charge in [-0.3, -0.25) is 0 Å². The first-order valence-electron chi connectivity index (χ1n) is 6.70. The number of ether oxygens (including phenoxy) is 1. The highest BCUT2D eigenvalue weighted by Gasteiger charge is 2.35. The number of nitrogens with one attached hydrogen (secondary N) is 1. The van der Waals surface area contributed by atoms with E-state index in [4.69, 9.17) is 4.74 Å². The highest BCUT2D eigenvalue weighted by Crippen LogP contribution is 2.37. The fraction of sp³-hybridized carbons (Fsp3) is 0.600. The number of halogens is 2. The molecule has 0 spiro atoms. The molecule has 0 aliphatic heterocycles. The molecule has 1 fully saturated rings. The van der Waals surface area contributed by atoms with Crippen molar-refractivity contribution >= 4 is 0 Å². The molecule has 2 rings (SSSR count). The van der Waals surface area contributed by atoms with Crippen molar-refractivity contribution in [3.63, 3.8) is 0 Å². The molecule has 4 heteroatoms. The summed E-state index contributed by atoms with van der Waals surface area (Å²) in [4.78, 5) is 0. The zero-order chi connectivity index (χ0) is 14.0. The van der Waals surface area contributed by atoms with E-state index in [1.165, 1.54) is 12.1 Å². The molecule has 2 nitrogen and oxygen atoms in total. The molecule has 2 unspecified atom stereocenters. The van der Waals surface area contributed by atoms with Crippen molar-refractivity contribution in [1.29, 1.82) is 0 Å². The van der Waals surface area contributed by atoms with Crippen molar-refractivity contribution in [2.45, 2.75) is 45.3 Å². The second kappa shape index (κ2) is 5.45. The summed E-state index contributed by atoms with van der Waals surface area (Å²) in [7, 11) is 1.89. The molecule has 1 aromatic rings. The van der Waals surface area contributed by atoms with Crippen LogP contribution in [0.1, 0.15) is 33.1 Å². The SMILES string of the molecule is CNC1CCC(C)(C)CC1Oc1cc(F)cc(F)c1. The predicted octanol–water partition coefficient (Wildman–Crippen LogP) is 3.51. The fourth-order valence-corrected chi connectivity index (χ4v) is 2.75. The van der Waals surface area contributed by atoms with Crippen molar-refractivity contribution in [2.75, 3.05) is 7.05 Å². The van der Waals surface area contributed by atoms with Crippen LogP contribution in [0.5, 0.6) is 5.75 Å². The quantitative estimate of drug-likeness (QED) is 0.906. The van der Waals surface area contributed by atoms with Crippen LogP contribution in [0.15, 0.2) is 18.2 Å². The Hall–Kier alpha value is -1.16. The van der Waals surface area contributed by atoms with Gasteiger partial charge >= 0.3 is 0 Å². The van der Waals surface area contributed by atoms with E-state index in [2.05, 4.69) is 19.2 Å². The van der Waals surface area contributed by atoms with Crippen LogP contribution in [-0.4, -0.2) is 19.2 Å². The summed E-state index contributed by atoms with van der Waals surface area (Å²) in [6.07, 6.45) is 2.94. The van der Waals surface area contributed by atoms with E-state index in [1.807, 2.05) is 7.05 Å². The molecule has 106 valence electrons. The average molecular weight is 269 g/mol. The van der Waals surface area contributed by atoms with E-state index in [-0.39, 0.29) is 23.3 Å². The lowest BCUT2D eigenvalue weighted by molar-refractivity contribution is 0.0554. The molecular weight excluding hydrogens is 248 g/mol. The molecule has 19 heavy (non-hydrogen) atoms. The molecule has 0 saturated heterocycles. The van der Waals surface area contributed by atoms with Crippen molar-refractivity contribution in [3.8, 4) is 5.75 Å². The van der Waals surface area contributed by atoms with Gasteiger partial charge in [0.1, 0.15) is 23.5 Å². The molecule has 2 atom stereocenters. The highest BCUT2D eigenvalue weighted by atomic mass is 19.1. The second-order valence-corrected chi connectivity index (χ2v) is 6.06. The maximum Gasteiger partial charge on any atom is 0.129 e. The summed E-state index contributed by atoms with van der Waals surface area (Å²) < 4.78 is 32.2. The molecular formula is C15H21F2NO. The van der Waals surface area contributed by atoms with Crippen LogP contribution in [0.4, 0.5) is 8.78 Å². The van der Waals surface area contributed by atoms with Gasteiger partial charge in [-0.15, -0.1) is 0 Å². The van der Waals surface area contributed by atoms with Crippen molar-refractivity contribution in [3.05, 3.63) is 29.8 Å². The van der Waals surface area contributed by atoms with E-state index >= 15 is 0 Å². The zero-order valence-corrected chi connectivity index (χ0v) is 11.7. The van der Waals surface area contributed by atoms with Crippen LogP contribution >= 0.6 is 0 Å². The van der Waals surface area contributed by atoms with Gasteiger partial charge in [0, 0.05) is 24.2 Å². The lowest BCUT2D eigenvalue weighted by atomic mass is 9.74. The van der Waals surface area contributed by atoms with Crippen LogP contribution in [0.3, 0.4) is 0 Å². The Bertz CT molecular complexity index is 428. The van der Waals surface area contributed by atoms with Crippen molar-refractivity contribution in [2.24, 2.45) is 5.41 Å². The molecule has 0 amide bonds. The summed E-state index contributed by atoms with van der Waals surface area (Å²) in [5.41, 5.74) is 0.198. The monoisotopic (exact) mass is 269 g/mol. The molecule has 1 aliphatic carbocycles. The Morgan fingerprint density at radius 1 is 1.21 bits per heavy atom. The standard InChI is InChI=1S/C15H21F2NO/c1-15(2)5-4-13(18-3)14(9-15)19-12-7-10(16)6-11(17)8-12/h6-8,13-14,18H,4-5,9H2,1-3H3. The molecule has 0 heterocycles. The van der Waals surface area contributed by atoms with Crippen molar-refractivity contribution < 1.29 is 13.5 Å². The largest absolute Gasteiger partial charge is 0.489 e. The van der Waals surface area contributed by atoms with Gasteiger partial charge in [0.05, 0.1) is 0 Å². The lowest BCUT2D eigenvalue weighted by Gasteiger charge is -2.40. The normalized spacial score (nSPS) is 26.2. The third-order valence-corrected chi connectivity index (χ3v) is 3.83. The Kier molecular flexibility index (Phi) is 4.09. The molecule has 1 aliphatic rings. The maximum absolute atomic E-state index is 13.2. The Morgan fingerprint density at radius 3 is 2.42 bits per heavy atom. The maximum atomic E-state index is 13.2. The number of benzene rings is 1. The van der Waals surface area contributed by atoms with Gasteiger partial charge in [0.2, 0.25) is 0 Å². The topological polar surface area (TPSA) is 21.3 Å². The summed E-state index contributed by atoms with van der Waals surface area (Å²) in [5, 5.41) is 3.23. The number of likely N-dealkylation sites (N-methyl/N-ethyl adjacent to an activating group) is 1. The Labute approximate surface area is 113 Å². The first kappa shape index (κ1) is 14.3. The van der Waals surface area contributed by atoms with Gasteiger partial charge in [-0.25, -0.2) is 8.78 Å².